The number of nitrogens with zero attached hydrogens (tertiary/aromatic N) is 1. The first-order chi connectivity index (χ1) is 8.56. The number of carbonyl (C=O) groups excluding carboxylic acids is 1. The summed E-state index contributed by atoms with van der Waals surface area (Å²) in [6, 6.07) is 0. The van der Waals surface area contributed by atoms with Crippen molar-refractivity contribution in [2.75, 3.05) is 13.2 Å². The molecule has 1 rings (SSSR count). The highest BCUT2D eigenvalue weighted by Gasteiger charge is 2.25. The van der Waals surface area contributed by atoms with Crippen LogP contribution in [-0.2, 0) is 15.1 Å². The molecule has 0 aliphatic rings. The average Bonchev–Trinajstić information content (AvgIpc) is 2.82. The second-order valence-electron chi connectivity index (χ2n) is 4.87. The molecular formula is C13H23N3O2. The Hall–Kier alpha value is -1.36. The minimum absolute atomic E-state index is 0.105. The van der Waals surface area contributed by atoms with Gasteiger partial charge < -0.3 is 15.0 Å². The van der Waals surface area contributed by atoms with Crippen LogP contribution in [0.1, 0.15) is 45.9 Å². The molecule has 1 aromatic heterocycles. The highest BCUT2D eigenvalue weighted by Crippen LogP contribution is 2.14. The third-order valence-electron chi connectivity index (χ3n) is 2.67. The molecule has 1 heterocycles. The lowest BCUT2D eigenvalue weighted by Crippen LogP contribution is -2.43. The molecule has 18 heavy (non-hydrogen) atoms. The summed E-state index contributed by atoms with van der Waals surface area (Å²) in [6.07, 6.45) is 6.71. The van der Waals surface area contributed by atoms with Gasteiger partial charge in [-0.05, 0) is 20.3 Å². The molecule has 2 N–H and O–H groups in total. The Morgan fingerprint density at radius 3 is 2.89 bits per heavy atom. The van der Waals surface area contributed by atoms with Crippen molar-refractivity contribution < 1.29 is 9.53 Å². The van der Waals surface area contributed by atoms with Crippen molar-refractivity contribution in [3.8, 4) is 0 Å². The van der Waals surface area contributed by atoms with Crippen LogP contribution in [0.25, 0.3) is 0 Å². The summed E-state index contributed by atoms with van der Waals surface area (Å²) in [7, 11) is 0. The maximum atomic E-state index is 11.7. The minimum Gasteiger partial charge on any atom is -0.372 e. The van der Waals surface area contributed by atoms with Crippen molar-refractivity contribution >= 4 is 5.91 Å². The predicted octanol–water partition coefficient (Wildman–Crippen LogP) is 1.97. The monoisotopic (exact) mass is 253 g/mol. The van der Waals surface area contributed by atoms with Crippen LogP contribution < -0.4 is 5.32 Å². The van der Waals surface area contributed by atoms with Crippen LogP contribution in [0, 0.1) is 0 Å². The van der Waals surface area contributed by atoms with Crippen LogP contribution in [0.3, 0.4) is 0 Å². The summed E-state index contributed by atoms with van der Waals surface area (Å²) < 4.78 is 5.32. The van der Waals surface area contributed by atoms with Gasteiger partial charge in [0.15, 0.2) is 0 Å². The molecule has 0 bridgehead atoms. The smallest absolute Gasteiger partial charge is 0.246 e. The highest BCUT2D eigenvalue weighted by atomic mass is 16.5. The molecule has 1 amide bonds. The molecule has 0 aliphatic carbocycles. The van der Waals surface area contributed by atoms with Gasteiger partial charge in [-0.2, -0.15) is 0 Å². The third kappa shape index (κ3) is 4.87. The summed E-state index contributed by atoms with van der Waals surface area (Å²) >= 11 is 0. The Labute approximate surface area is 108 Å². The van der Waals surface area contributed by atoms with E-state index >= 15 is 0 Å². The first kappa shape index (κ1) is 14.7. The van der Waals surface area contributed by atoms with Crippen molar-refractivity contribution in [1.82, 2.24) is 15.3 Å². The number of unbranched alkanes of at least 4 members (excludes halogenated alkanes) is 2. The van der Waals surface area contributed by atoms with Crippen LogP contribution in [0.4, 0.5) is 0 Å². The molecule has 0 saturated carbocycles. The zero-order valence-electron chi connectivity index (χ0n) is 11.5. The van der Waals surface area contributed by atoms with E-state index in [0.717, 1.165) is 25.1 Å². The van der Waals surface area contributed by atoms with Gasteiger partial charge in [-0.15, -0.1) is 0 Å². The van der Waals surface area contributed by atoms with Gasteiger partial charge in [0.05, 0.1) is 5.54 Å². The summed E-state index contributed by atoms with van der Waals surface area (Å²) in [6.45, 7) is 6.69. The van der Waals surface area contributed by atoms with Crippen LogP contribution in [0.5, 0.6) is 0 Å². The molecule has 5 heteroatoms. The van der Waals surface area contributed by atoms with Crippen LogP contribution in [-0.4, -0.2) is 29.1 Å². The van der Waals surface area contributed by atoms with Gasteiger partial charge in [0.2, 0.25) is 5.91 Å². The lowest BCUT2D eigenvalue weighted by molar-refractivity contribution is -0.127. The van der Waals surface area contributed by atoms with Crippen molar-refractivity contribution in [3.63, 3.8) is 0 Å². The number of aromatic nitrogens is 2. The Morgan fingerprint density at radius 2 is 2.28 bits per heavy atom. The number of amides is 1. The van der Waals surface area contributed by atoms with E-state index in [0.29, 0.717) is 6.61 Å². The fraction of sp³-hybridized carbons (Fsp3) is 0.692. The molecule has 0 aliphatic heterocycles. The number of aromatic amines is 1. The normalized spacial score (nSPS) is 11.5. The van der Waals surface area contributed by atoms with Gasteiger partial charge in [-0.25, -0.2) is 4.98 Å². The molecule has 5 nitrogen and oxygen atoms in total. The summed E-state index contributed by atoms with van der Waals surface area (Å²) in [5.74, 6) is 0.620. The van der Waals surface area contributed by atoms with E-state index < -0.39 is 5.54 Å². The largest absolute Gasteiger partial charge is 0.372 e. The highest BCUT2D eigenvalue weighted by molar-refractivity contribution is 5.78. The van der Waals surface area contributed by atoms with E-state index in [-0.39, 0.29) is 12.5 Å². The maximum Gasteiger partial charge on any atom is 0.246 e. The van der Waals surface area contributed by atoms with Crippen molar-refractivity contribution in [2.45, 2.75) is 45.6 Å². The van der Waals surface area contributed by atoms with Crippen LogP contribution in [0.15, 0.2) is 12.4 Å². The van der Waals surface area contributed by atoms with E-state index in [1.54, 1.807) is 12.4 Å². The quantitative estimate of drug-likeness (QED) is 0.696. The van der Waals surface area contributed by atoms with E-state index in [1.165, 1.54) is 0 Å². The molecule has 0 saturated heterocycles. The van der Waals surface area contributed by atoms with Crippen molar-refractivity contribution in [2.24, 2.45) is 0 Å². The first-order valence-corrected chi connectivity index (χ1v) is 6.45. The van der Waals surface area contributed by atoms with Crippen molar-refractivity contribution in [3.05, 3.63) is 18.2 Å². The molecule has 0 atom stereocenters. The fourth-order valence-electron chi connectivity index (χ4n) is 1.67. The number of H-pyrrole nitrogens is 1. The van der Waals surface area contributed by atoms with E-state index in [1.807, 2.05) is 13.8 Å². The van der Waals surface area contributed by atoms with Crippen LogP contribution in [0.2, 0.25) is 0 Å². The zero-order valence-corrected chi connectivity index (χ0v) is 11.5. The molecule has 0 fully saturated rings. The van der Waals surface area contributed by atoms with E-state index in [2.05, 4.69) is 22.2 Å². The average molecular weight is 253 g/mol. The number of carbonyl (C=O) groups is 1. The molecule has 0 aromatic carbocycles. The second-order valence-corrected chi connectivity index (χ2v) is 4.87. The van der Waals surface area contributed by atoms with Gasteiger partial charge >= 0.3 is 0 Å². The summed E-state index contributed by atoms with van der Waals surface area (Å²) in [5.41, 5.74) is -0.507. The van der Waals surface area contributed by atoms with Gasteiger partial charge in [-0.3, -0.25) is 4.79 Å². The number of imidazole rings is 1. The van der Waals surface area contributed by atoms with Gasteiger partial charge in [0.1, 0.15) is 12.4 Å². The Kier molecular flexibility index (Phi) is 5.85. The van der Waals surface area contributed by atoms with E-state index in [9.17, 15) is 4.79 Å². The third-order valence-corrected chi connectivity index (χ3v) is 2.67. The molecule has 0 unspecified atom stereocenters. The maximum absolute atomic E-state index is 11.7. The molecule has 0 spiro atoms. The van der Waals surface area contributed by atoms with E-state index in [4.69, 9.17) is 4.74 Å². The Balaban J connectivity index is 2.27. The number of rotatable bonds is 8. The minimum atomic E-state index is -0.507. The van der Waals surface area contributed by atoms with Gasteiger partial charge in [0, 0.05) is 19.0 Å². The Morgan fingerprint density at radius 1 is 1.50 bits per heavy atom. The molecular weight excluding hydrogens is 230 g/mol. The lowest BCUT2D eigenvalue weighted by Gasteiger charge is -2.23. The number of hydrogen-bond acceptors (Lipinski definition) is 3. The van der Waals surface area contributed by atoms with Crippen molar-refractivity contribution in [1.29, 1.82) is 0 Å². The molecule has 1 aromatic rings. The van der Waals surface area contributed by atoms with Gasteiger partial charge in [-0.1, -0.05) is 19.8 Å². The summed E-state index contributed by atoms with van der Waals surface area (Å²) in [4.78, 5) is 18.9. The standard InChI is InChI=1S/C13H23N3O2/c1-4-5-6-9-18-10-11(17)16-13(2,3)12-14-7-8-15-12/h7-8H,4-6,9-10H2,1-3H3,(H,14,15)(H,16,17). The first-order valence-electron chi connectivity index (χ1n) is 6.45. The zero-order chi connectivity index (χ0) is 13.4. The number of ether oxygens (including phenoxy) is 1. The molecule has 102 valence electrons. The van der Waals surface area contributed by atoms with Crippen LogP contribution >= 0.6 is 0 Å². The second kappa shape index (κ2) is 7.16. The topological polar surface area (TPSA) is 67.0 Å². The Bertz CT molecular complexity index is 347. The lowest BCUT2D eigenvalue weighted by atomic mass is 10.1. The van der Waals surface area contributed by atoms with Gasteiger partial charge in [0.25, 0.3) is 0 Å². The predicted molar refractivity (Wildman–Crippen MR) is 70.1 cm³/mol. The SMILES string of the molecule is CCCCCOCC(=O)NC(C)(C)c1ncc[nH]1. The number of hydrogen-bond donors (Lipinski definition) is 2. The number of nitrogens with one attached hydrogen (secondary N) is 2. The summed E-state index contributed by atoms with van der Waals surface area (Å²) in [5, 5.41) is 2.89. The molecule has 0 radical (unpaired) electrons. The fourth-order valence-corrected chi connectivity index (χ4v) is 1.67.